The fourth-order valence-corrected chi connectivity index (χ4v) is 4.71. The number of unbranched alkanes of at least 4 members (excludes halogenated alkanes) is 4. The van der Waals surface area contributed by atoms with Crippen LogP contribution < -0.4 is 4.74 Å². The summed E-state index contributed by atoms with van der Waals surface area (Å²) in [4.78, 5) is 13.4. The summed E-state index contributed by atoms with van der Waals surface area (Å²) >= 11 is 0. The zero-order valence-corrected chi connectivity index (χ0v) is 21.3. The first-order valence-corrected chi connectivity index (χ1v) is 13.0. The highest BCUT2D eigenvalue weighted by atomic mass is 16.5. The molecule has 0 saturated heterocycles. The SMILES string of the molecule is CCCCCCCOc1ccc(CC(=O)n2cc(-c3ccccc3C(C)C)c3ccccc32)cc1. The van der Waals surface area contributed by atoms with E-state index in [4.69, 9.17) is 4.74 Å². The van der Waals surface area contributed by atoms with Crippen LogP contribution in [-0.4, -0.2) is 17.1 Å². The number of fused-ring (bicyclic) bond motifs is 1. The molecule has 0 unspecified atom stereocenters. The van der Waals surface area contributed by atoms with E-state index in [2.05, 4.69) is 51.1 Å². The Hall–Kier alpha value is -3.33. The van der Waals surface area contributed by atoms with Crippen molar-refractivity contribution in [2.24, 2.45) is 0 Å². The van der Waals surface area contributed by atoms with Gasteiger partial charge in [-0.3, -0.25) is 9.36 Å². The largest absolute Gasteiger partial charge is 0.494 e. The molecule has 0 spiro atoms. The van der Waals surface area contributed by atoms with Crippen molar-refractivity contribution in [3.8, 4) is 16.9 Å². The van der Waals surface area contributed by atoms with E-state index in [1.54, 1.807) is 0 Å². The molecule has 3 nitrogen and oxygen atoms in total. The molecular weight excluding hydrogens is 430 g/mol. The number of carbonyl (C=O) groups is 1. The molecule has 0 atom stereocenters. The Morgan fingerprint density at radius 2 is 1.54 bits per heavy atom. The molecule has 0 radical (unpaired) electrons. The minimum atomic E-state index is 0.0686. The van der Waals surface area contributed by atoms with Gasteiger partial charge in [0.15, 0.2) is 0 Å². The smallest absolute Gasteiger partial charge is 0.235 e. The van der Waals surface area contributed by atoms with Gasteiger partial charge in [0.05, 0.1) is 18.5 Å². The fraction of sp³-hybridized carbons (Fsp3) is 0.344. The molecule has 3 aromatic carbocycles. The Morgan fingerprint density at radius 1 is 0.829 bits per heavy atom. The van der Waals surface area contributed by atoms with E-state index in [1.165, 1.54) is 36.8 Å². The van der Waals surface area contributed by atoms with Crippen LogP contribution in [0.3, 0.4) is 0 Å². The van der Waals surface area contributed by atoms with Crippen molar-refractivity contribution >= 4 is 16.8 Å². The van der Waals surface area contributed by atoms with Gasteiger partial charge in [0, 0.05) is 17.1 Å². The number of aromatic nitrogens is 1. The average molecular weight is 468 g/mol. The quantitative estimate of drug-likeness (QED) is 0.207. The molecule has 0 amide bonds. The summed E-state index contributed by atoms with van der Waals surface area (Å²) in [5.41, 5.74) is 5.55. The van der Waals surface area contributed by atoms with Gasteiger partial charge in [0.2, 0.25) is 5.91 Å². The second kappa shape index (κ2) is 11.9. The average Bonchev–Trinajstić information content (AvgIpc) is 3.27. The lowest BCUT2D eigenvalue weighted by Gasteiger charge is -2.12. The molecule has 0 N–H and O–H groups in total. The van der Waals surface area contributed by atoms with Crippen LogP contribution >= 0.6 is 0 Å². The van der Waals surface area contributed by atoms with Crippen molar-refractivity contribution < 1.29 is 9.53 Å². The molecule has 0 aliphatic heterocycles. The summed E-state index contributed by atoms with van der Waals surface area (Å²) < 4.78 is 7.70. The summed E-state index contributed by atoms with van der Waals surface area (Å²) in [5.74, 6) is 1.34. The maximum atomic E-state index is 13.4. The minimum Gasteiger partial charge on any atom is -0.494 e. The third-order valence-corrected chi connectivity index (χ3v) is 6.65. The Balaban J connectivity index is 1.49. The van der Waals surface area contributed by atoms with Gasteiger partial charge in [-0.05, 0) is 47.2 Å². The number of carbonyl (C=O) groups excluding carboxylic acids is 1. The third-order valence-electron chi connectivity index (χ3n) is 6.65. The number of nitrogens with zero attached hydrogens (tertiary/aromatic N) is 1. The molecule has 0 saturated carbocycles. The first kappa shape index (κ1) is 24.8. The number of para-hydroxylation sites is 1. The first-order valence-electron chi connectivity index (χ1n) is 13.0. The van der Waals surface area contributed by atoms with Gasteiger partial charge in [-0.25, -0.2) is 0 Å². The molecule has 4 rings (SSSR count). The zero-order valence-electron chi connectivity index (χ0n) is 21.3. The lowest BCUT2D eigenvalue weighted by Crippen LogP contribution is -2.12. The third kappa shape index (κ3) is 6.03. The van der Waals surface area contributed by atoms with Crippen LogP contribution in [0.1, 0.15) is 74.7 Å². The Labute approximate surface area is 209 Å². The number of ether oxygens (including phenoxy) is 1. The van der Waals surface area contributed by atoms with E-state index in [0.29, 0.717) is 12.3 Å². The number of hydrogen-bond acceptors (Lipinski definition) is 2. The Bertz CT molecular complexity index is 1250. The predicted molar refractivity (Wildman–Crippen MR) is 146 cm³/mol. The first-order chi connectivity index (χ1) is 17.1. The molecule has 1 aromatic heterocycles. The molecule has 0 aliphatic rings. The highest BCUT2D eigenvalue weighted by molar-refractivity contribution is 6.02. The van der Waals surface area contributed by atoms with E-state index < -0.39 is 0 Å². The molecule has 0 aliphatic carbocycles. The number of rotatable bonds is 11. The monoisotopic (exact) mass is 467 g/mol. The second-order valence-electron chi connectivity index (χ2n) is 9.65. The van der Waals surface area contributed by atoms with E-state index in [1.807, 2.05) is 53.2 Å². The molecule has 0 fully saturated rings. The molecule has 1 heterocycles. The predicted octanol–water partition coefficient (Wildman–Crippen LogP) is 8.66. The lowest BCUT2D eigenvalue weighted by molar-refractivity contribution is 0.0919. The van der Waals surface area contributed by atoms with Crippen molar-refractivity contribution in [3.63, 3.8) is 0 Å². The van der Waals surface area contributed by atoms with Crippen LogP contribution in [-0.2, 0) is 6.42 Å². The van der Waals surface area contributed by atoms with Gasteiger partial charge in [-0.1, -0.05) is 101 Å². The van der Waals surface area contributed by atoms with Gasteiger partial charge in [0.25, 0.3) is 0 Å². The Kier molecular flexibility index (Phi) is 8.41. The molecule has 3 heteroatoms. The van der Waals surface area contributed by atoms with Crippen LogP contribution in [0.4, 0.5) is 0 Å². The summed E-state index contributed by atoms with van der Waals surface area (Å²) in [6.07, 6.45) is 8.50. The number of hydrogen-bond donors (Lipinski definition) is 0. The summed E-state index contributed by atoms with van der Waals surface area (Å²) in [5, 5.41) is 1.11. The molecule has 4 aromatic rings. The van der Waals surface area contributed by atoms with Crippen LogP contribution in [0, 0.1) is 0 Å². The van der Waals surface area contributed by atoms with Gasteiger partial charge in [-0.15, -0.1) is 0 Å². The van der Waals surface area contributed by atoms with Crippen molar-refractivity contribution in [3.05, 3.63) is 90.1 Å². The van der Waals surface area contributed by atoms with Gasteiger partial charge < -0.3 is 4.74 Å². The fourth-order valence-electron chi connectivity index (χ4n) is 4.71. The summed E-state index contributed by atoms with van der Waals surface area (Å²) in [7, 11) is 0. The van der Waals surface area contributed by atoms with Crippen molar-refractivity contribution in [2.75, 3.05) is 6.61 Å². The summed E-state index contributed by atoms with van der Waals surface area (Å²) in [6.45, 7) is 7.40. The van der Waals surface area contributed by atoms with Crippen LogP contribution in [0.5, 0.6) is 5.75 Å². The molecule has 0 bridgehead atoms. The van der Waals surface area contributed by atoms with E-state index in [-0.39, 0.29) is 5.91 Å². The van der Waals surface area contributed by atoms with Crippen molar-refractivity contribution in [1.29, 1.82) is 0 Å². The van der Waals surface area contributed by atoms with Gasteiger partial charge in [0.1, 0.15) is 5.75 Å². The van der Waals surface area contributed by atoms with Crippen molar-refractivity contribution in [2.45, 2.75) is 65.2 Å². The normalized spacial score (nSPS) is 11.3. The maximum Gasteiger partial charge on any atom is 0.235 e. The zero-order chi connectivity index (χ0) is 24.6. The van der Waals surface area contributed by atoms with E-state index in [9.17, 15) is 4.79 Å². The van der Waals surface area contributed by atoms with Crippen LogP contribution in [0.25, 0.3) is 22.0 Å². The highest BCUT2D eigenvalue weighted by Crippen LogP contribution is 2.35. The second-order valence-corrected chi connectivity index (χ2v) is 9.65. The molecule has 182 valence electrons. The van der Waals surface area contributed by atoms with Crippen LogP contribution in [0.2, 0.25) is 0 Å². The van der Waals surface area contributed by atoms with E-state index >= 15 is 0 Å². The standard InChI is InChI=1S/C32H37NO2/c1-4-5-6-7-12-21-35-26-19-17-25(18-20-26)22-32(34)33-23-30(29-15-10-11-16-31(29)33)28-14-9-8-13-27(28)24(2)3/h8-11,13-20,23-24H,4-7,12,21-22H2,1-3H3. The minimum absolute atomic E-state index is 0.0686. The Morgan fingerprint density at radius 3 is 2.31 bits per heavy atom. The number of benzene rings is 3. The van der Waals surface area contributed by atoms with Crippen molar-refractivity contribution in [1.82, 2.24) is 4.57 Å². The van der Waals surface area contributed by atoms with Gasteiger partial charge in [-0.2, -0.15) is 0 Å². The lowest BCUT2D eigenvalue weighted by atomic mass is 9.92. The highest BCUT2D eigenvalue weighted by Gasteiger charge is 2.17. The molecule has 35 heavy (non-hydrogen) atoms. The van der Waals surface area contributed by atoms with E-state index in [0.717, 1.165) is 40.8 Å². The van der Waals surface area contributed by atoms with Crippen LogP contribution in [0.15, 0.2) is 79.0 Å². The van der Waals surface area contributed by atoms with Gasteiger partial charge >= 0.3 is 0 Å². The molecular formula is C32H37NO2. The maximum absolute atomic E-state index is 13.4. The topological polar surface area (TPSA) is 31.2 Å². The summed E-state index contributed by atoms with van der Waals surface area (Å²) in [6, 6.07) is 24.7.